The van der Waals surface area contributed by atoms with Gasteiger partial charge in [-0.15, -0.1) is 0 Å². The summed E-state index contributed by atoms with van der Waals surface area (Å²) in [6.45, 7) is 0.0996. The average Bonchev–Trinajstić information content (AvgIpc) is 2.37. The monoisotopic (exact) mass is 348 g/mol. The first-order valence-corrected chi connectivity index (χ1v) is 6.40. The van der Waals surface area contributed by atoms with E-state index in [-0.39, 0.29) is 16.8 Å². The van der Waals surface area contributed by atoms with Gasteiger partial charge >= 0.3 is 6.18 Å². The molecule has 0 fully saturated rings. The van der Waals surface area contributed by atoms with Gasteiger partial charge in [-0.25, -0.2) is 4.39 Å². The Morgan fingerprint density at radius 2 is 1.70 bits per heavy atom. The van der Waals surface area contributed by atoms with Crippen molar-refractivity contribution in [3.05, 3.63) is 63.9 Å². The molecular weight excluding hydrogens is 340 g/mol. The molecule has 6 heteroatoms. The second kappa shape index (κ2) is 5.83. The molecule has 0 aliphatic carbocycles. The van der Waals surface area contributed by atoms with Gasteiger partial charge in [0, 0.05) is 0 Å². The van der Waals surface area contributed by atoms with Crippen molar-refractivity contribution in [1.82, 2.24) is 0 Å². The van der Waals surface area contributed by atoms with E-state index >= 15 is 0 Å². The molecule has 0 aromatic heterocycles. The first-order valence-electron chi connectivity index (χ1n) is 5.61. The Bertz CT molecular complexity index is 596. The fraction of sp³-hybridized carbons (Fsp3) is 0.143. The minimum absolute atomic E-state index is 0.0532. The molecule has 0 bridgehead atoms. The lowest BCUT2D eigenvalue weighted by molar-refractivity contribution is -0.140. The van der Waals surface area contributed by atoms with Crippen molar-refractivity contribution in [2.24, 2.45) is 0 Å². The van der Waals surface area contributed by atoms with E-state index in [9.17, 15) is 17.6 Å². The number of ether oxygens (including phenoxy) is 1. The summed E-state index contributed by atoms with van der Waals surface area (Å²) in [5.74, 6) is -1.39. The minimum atomic E-state index is -4.75. The van der Waals surface area contributed by atoms with Crippen LogP contribution in [0.1, 0.15) is 11.1 Å². The number of alkyl halides is 3. The van der Waals surface area contributed by atoms with E-state index in [1.807, 2.05) is 6.07 Å². The second-order valence-corrected chi connectivity index (χ2v) is 4.89. The lowest BCUT2D eigenvalue weighted by Gasteiger charge is -2.13. The molecule has 2 aromatic rings. The normalized spacial score (nSPS) is 11.4. The maximum absolute atomic E-state index is 13.3. The summed E-state index contributed by atoms with van der Waals surface area (Å²) in [6.07, 6.45) is -4.75. The van der Waals surface area contributed by atoms with Crippen LogP contribution in [0, 0.1) is 5.82 Å². The zero-order chi connectivity index (χ0) is 14.8. The van der Waals surface area contributed by atoms with Crippen molar-refractivity contribution in [2.75, 3.05) is 0 Å². The summed E-state index contributed by atoms with van der Waals surface area (Å²) < 4.78 is 56.6. The first kappa shape index (κ1) is 14.8. The molecule has 0 spiro atoms. The predicted molar refractivity (Wildman–Crippen MR) is 69.9 cm³/mol. The van der Waals surface area contributed by atoms with Crippen molar-refractivity contribution in [3.8, 4) is 5.75 Å². The zero-order valence-corrected chi connectivity index (χ0v) is 11.6. The topological polar surface area (TPSA) is 9.23 Å². The number of hydrogen-bond acceptors (Lipinski definition) is 1. The van der Waals surface area contributed by atoms with Crippen LogP contribution in [0.5, 0.6) is 5.75 Å². The second-order valence-electron chi connectivity index (χ2n) is 4.03. The molecule has 2 rings (SSSR count). The molecular formula is C14H9BrF4O. The van der Waals surface area contributed by atoms with E-state index in [0.717, 1.165) is 11.6 Å². The van der Waals surface area contributed by atoms with Gasteiger partial charge in [-0.3, -0.25) is 0 Å². The molecule has 0 aliphatic heterocycles. The van der Waals surface area contributed by atoms with E-state index in [1.54, 1.807) is 24.3 Å². The summed E-state index contributed by atoms with van der Waals surface area (Å²) in [5, 5.41) is 0. The highest BCUT2D eigenvalue weighted by Gasteiger charge is 2.35. The molecule has 0 atom stereocenters. The van der Waals surface area contributed by atoms with E-state index in [0.29, 0.717) is 6.07 Å². The molecule has 2 aromatic carbocycles. The minimum Gasteiger partial charge on any atom is -0.488 e. The molecule has 0 saturated heterocycles. The van der Waals surface area contributed by atoms with E-state index < -0.39 is 17.6 Å². The highest BCUT2D eigenvalue weighted by Crippen LogP contribution is 2.37. The molecule has 0 N–H and O–H groups in total. The van der Waals surface area contributed by atoms with Gasteiger partial charge in [0.25, 0.3) is 0 Å². The van der Waals surface area contributed by atoms with E-state index in [4.69, 9.17) is 4.74 Å². The van der Waals surface area contributed by atoms with Gasteiger partial charge in [0.1, 0.15) is 18.2 Å². The van der Waals surface area contributed by atoms with Gasteiger partial charge in [0.2, 0.25) is 0 Å². The van der Waals surface area contributed by atoms with Crippen molar-refractivity contribution >= 4 is 15.9 Å². The third-order valence-corrected chi connectivity index (χ3v) is 3.18. The Balaban J connectivity index is 2.24. The number of hydrogen-bond donors (Lipinski definition) is 0. The Morgan fingerprint density at radius 1 is 1.05 bits per heavy atom. The number of halogens is 5. The number of benzene rings is 2. The Morgan fingerprint density at radius 3 is 2.30 bits per heavy atom. The highest BCUT2D eigenvalue weighted by molar-refractivity contribution is 9.10. The lowest BCUT2D eigenvalue weighted by atomic mass is 10.2. The van der Waals surface area contributed by atoms with Crippen LogP contribution in [-0.2, 0) is 12.8 Å². The van der Waals surface area contributed by atoms with Crippen LogP contribution < -0.4 is 4.74 Å². The summed E-state index contributed by atoms with van der Waals surface area (Å²) in [5.41, 5.74) is -0.541. The van der Waals surface area contributed by atoms with Gasteiger partial charge in [-0.2, -0.15) is 13.2 Å². The van der Waals surface area contributed by atoms with Crippen LogP contribution in [-0.4, -0.2) is 0 Å². The molecule has 0 aliphatic rings. The van der Waals surface area contributed by atoms with Gasteiger partial charge in [-0.1, -0.05) is 30.3 Å². The van der Waals surface area contributed by atoms with Gasteiger partial charge in [0.05, 0.1) is 10.0 Å². The molecule has 0 amide bonds. The number of rotatable bonds is 3. The Kier molecular flexibility index (Phi) is 4.32. The SMILES string of the molecule is Fc1cc(Br)c(OCc2ccccc2)cc1C(F)(F)F. The van der Waals surface area contributed by atoms with Crippen LogP contribution >= 0.6 is 15.9 Å². The van der Waals surface area contributed by atoms with Crippen LogP contribution in [0.3, 0.4) is 0 Å². The van der Waals surface area contributed by atoms with E-state index in [2.05, 4.69) is 15.9 Å². The van der Waals surface area contributed by atoms with Crippen LogP contribution in [0.15, 0.2) is 46.9 Å². The Hall–Kier alpha value is -1.56. The van der Waals surface area contributed by atoms with E-state index in [1.165, 1.54) is 0 Å². The largest absolute Gasteiger partial charge is 0.488 e. The molecule has 0 radical (unpaired) electrons. The van der Waals surface area contributed by atoms with Crippen LogP contribution in [0.4, 0.5) is 17.6 Å². The smallest absolute Gasteiger partial charge is 0.419 e. The maximum atomic E-state index is 13.3. The molecule has 106 valence electrons. The van der Waals surface area contributed by atoms with Crippen molar-refractivity contribution in [3.63, 3.8) is 0 Å². The first-order chi connectivity index (χ1) is 9.38. The van der Waals surface area contributed by atoms with Crippen molar-refractivity contribution in [1.29, 1.82) is 0 Å². The third kappa shape index (κ3) is 3.50. The van der Waals surface area contributed by atoms with Gasteiger partial charge in [0.15, 0.2) is 0 Å². The predicted octanol–water partition coefficient (Wildman–Crippen LogP) is 5.19. The fourth-order valence-corrected chi connectivity index (χ4v) is 2.02. The zero-order valence-electron chi connectivity index (χ0n) is 10.0. The summed E-state index contributed by atoms with van der Waals surface area (Å²) in [7, 11) is 0. The fourth-order valence-electron chi connectivity index (χ4n) is 1.59. The quantitative estimate of drug-likeness (QED) is 0.694. The molecule has 20 heavy (non-hydrogen) atoms. The lowest BCUT2D eigenvalue weighted by Crippen LogP contribution is -2.09. The van der Waals surface area contributed by atoms with Gasteiger partial charge in [-0.05, 0) is 33.6 Å². The van der Waals surface area contributed by atoms with Crippen LogP contribution in [0.2, 0.25) is 0 Å². The van der Waals surface area contributed by atoms with Crippen LogP contribution in [0.25, 0.3) is 0 Å². The summed E-state index contributed by atoms with van der Waals surface area (Å²) in [6, 6.07) is 10.4. The average molecular weight is 349 g/mol. The third-order valence-electron chi connectivity index (χ3n) is 2.56. The highest BCUT2D eigenvalue weighted by atomic mass is 79.9. The van der Waals surface area contributed by atoms with Crippen molar-refractivity contribution in [2.45, 2.75) is 12.8 Å². The molecule has 1 nitrogen and oxygen atoms in total. The molecule has 0 unspecified atom stereocenters. The summed E-state index contributed by atoms with van der Waals surface area (Å²) >= 11 is 2.99. The Labute approximate surface area is 121 Å². The van der Waals surface area contributed by atoms with Gasteiger partial charge < -0.3 is 4.74 Å². The molecule has 0 heterocycles. The maximum Gasteiger partial charge on any atom is 0.419 e. The molecule has 0 saturated carbocycles. The summed E-state index contributed by atoms with van der Waals surface area (Å²) in [4.78, 5) is 0. The standard InChI is InChI=1S/C14H9BrF4O/c15-11-7-12(16)10(14(17,18)19)6-13(11)20-8-9-4-2-1-3-5-9/h1-7H,8H2. The van der Waals surface area contributed by atoms with Crippen molar-refractivity contribution < 1.29 is 22.3 Å².